The lowest BCUT2D eigenvalue weighted by atomic mass is 10.1. The summed E-state index contributed by atoms with van der Waals surface area (Å²) in [4.78, 5) is 6.77. The van der Waals surface area contributed by atoms with Gasteiger partial charge in [-0.3, -0.25) is 0 Å². The summed E-state index contributed by atoms with van der Waals surface area (Å²) in [5.74, 6) is -0.495. The molecule has 2 aromatic rings. The van der Waals surface area contributed by atoms with Gasteiger partial charge >= 0.3 is 6.18 Å². The van der Waals surface area contributed by atoms with Crippen LogP contribution in [-0.2, 0) is 6.18 Å². The smallest absolute Gasteiger partial charge is 0.368 e. The maximum absolute atomic E-state index is 13.0. The molecule has 2 N–H and O–H groups in total. The van der Waals surface area contributed by atoms with E-state index in [1.165, 1.54) is 12.1 Å². The molecule has 0 saturated carbocycles. The van der Waals surface area contributed by atoms with Gasteiger partial charge in [-0.25, -0.2) is 9.97 Å². The van der Waals surface area contributed by atoms with Gasteiger partial charge in [0, 0.05) is 22.3 Å². The molecule has 0 bridgehead atoms. The number of nitrogens with two attached hydrogens (primary N) is 1. The van der Waals surface area contributed by atoms with Crippen LogP contribution in [0.15, 0.2) is 18.3 Å². The minimum absolute atomic E-state index is 0.0171. The van der Waals surface area contributed by atoms with Crippen molar-refractivity contribution in [2.75, 3.05) is 5.73 Å². The lowest BCUT2D eigenvalue weighted by Gasteiger charge is -2.13. The van der Waals surface area contributed by atoms with E-state index in [1.807, 2.05) is 0 Å². The molecule has 3 nitrogen and oxygen atoms in total. The normalized spacial score (nSPS) is 11.7. The lowest BCUT2D eigenvalue weighted by Crippen LogP contribution is -2.12. The van der Waals surface area contributed by atoms with Gasteiger partial charge in [-0.1, -0.05) is 34.8 Å². The second kappa shape index (κ2) is 5.27. The first-order valence-corrected chi connectivity index (χ1v) is 6.18. The van der Waals surface area contributed by atoms with Crippen LogP contribution in [-0.4, -0.2) is 9.97 Å². The molecule has 0 atom stereocenters. The molecule has 0 aliphatic rings. The van der Waals surface area contributed by atoms with Crippen LogP contribution in [0.3, 0.4) is 0 Å². The van der Waals surface area contributed by atoms with Gasteiger partial charge in [-0.05, 0) is 12.1 Å². The standard InChI is InChI=1S/C11H5Cl3F3N3/c12-4-1-5(8(14)7(13)2-4)6-3-19-10(18)20-9(6)11(15,16)17/h1-3H,(H2,18,19,20). The average Bonchev–Trinajstić information content (AvgIpc) is 2.33. The Balaban J connectivity index is 2.77. The highest BCUT2D eigenvalue weighted by molar-refractivity contribution is 6.45. The minimum Gasteiger partial charge on any atom is -0.368 e. The lowest BCUT2D eigenvalue weighted by molar-refractivity contribution is -0.140. The van der Waals surface area contributed by atoms with Gasteiger partial charge in [0.15, 0.2) is 5.69 Å². The number of benzene rings is 1. The molecule has 0 unspecified atom stereocenters. The first-order chi connectivity index (χ1) is 9.20. The number of nitrogen functional groups attached to an aromatic ring is 1. The molecule has 106 valence electrons. The third-order valence-corrected chi connectivity index (χ3v) is 3.38. The highest BCUT2D eigenvalue weighted by atomic mass is 35.5. The molecule has 0 radical (unpaired) electrons. The molecule has 1 heterocycles. The monoisotopic (exact) mass is 341 g/mol. The van der Waals surface area contributed by atoms with Crippen molar-refractivity contribution in [1.29, 1.82) is 0 Å². The Morgan fingerprint density at radius 1 is 1.05 bits per heavy atom. The molecule has 2 rings (SSSR count). The minimum atomic E-state index is -4.72. The second-order valence-corrected chi connectivity index (χ2v) is 4.96. The van der Waals surface area contributed by atoms with Crippen molar-refractivity contribution in [3.05, 3.63) is 39.1 Å². The number of rotatable bonds is 1. The van der Waals surface area contributed by atoms with Crippen molar-refractivity contribution in [2.24, 2.45) is 0 Å². The van der Waals surface area contributed by atoms with Crippen LogP contribution >= 0.6 is 34.8 Å². The van der Waals surface area contributed by atoms with Gasteiger partial charge < -0.3 is 5.73 Å². The van der Waals surface area contributed by atoms with Crippen LogP contribution in [0, 0.1) is 0 Å². The van der Waals surface area contributed by atoms with Crippen LogP contribution in [0.1, 0.15) is 5.69 Å². The van der Waals surface area contributed by atoms with Crippen molar-refractivity contribution in [2.45, 2.75) is 6.18 Å². The summed E-state index contributed by atoms with van der Waals surface area (Å²) in [7, 11) is 0. The summed E-state index contributed by atoms with van der Waals surface area (Å²) in [5, 5.41) is 0.0911. The zero-order valence-corrected chi connectivity index (χ0v) is 11.7. The third-order valence-electron chi connectivity index (χ3n) is 2.36. The Labute approximate surface area is 126 Å². The fourth-order valence-corrected chi connectivity index (χ4v) is 2.26. The summed E-state index contributed by atoms with van der Waals surface area (Å²) in [5.41, 5.74) is 3.63. The van der Waals surface area contributed by atoms with E-state index >= 15 is 0 Å². The first-order valence-electron chi connectivity index (χ1n) is 5.04. The van der Waals surface area contributed by atoms with Crippen molar-refractivity contribution in [1.82, 2.24) is 9.97 Å². The van der Waals surface area contributed by atoms with Crippen molar-refractivity contribution in [3.63, 3.8) is 0 Å². The number of nitrogens with zero attached hydrogens (tertiary/aromatic N) is 2. The Hall–Kier alpha value is -1.24. The number of alkyl halides is 3. The maximum Gasteiger partial charge on any atom is 0.434 e. The van der Waals surface area contributed by atoms with Crippen LogP contribution in [0.2, 0.25) is 15.1 Å². The van der Waals surface area contributed by atoms with Gasteiger partial charge in [0.25, 0.3) is 0 Å². The molecular weight excluding hydrogens is 337 g/mol. The molecule has 0 amide bonds. The predicted molar refractivity (Wildman–Crippen MR) is 71.9 cm³/mol. The molecule has 0 saturated heterocycles. The summed E-state index contributed by atoms with van der Waals surface area (Å²) >= 11 is 17.5. The third kappa shape index (κ3) is 2.92. The molecular formula is C11H5Cl3F3N3. The van der Waals surface area contributed by atoms with Gasteiger partial charge in [0.05, 0.1) is 10.0 Å². The zero-order chi connectivity index (χ0) is 15.1. The van der Waals surface area contributed by atoms with E-state index in [4.69, 9.17) is 40.5 Å². The topological polar surface area (TPSA) is 51.8 Å². The molecule has 0 aliphatic carbocycles. The van der Waals surface area contributed by atoms with E-state index in [1.54, 1.807) is 0 Å². The Bertz CT molecular complexity index is 674. The summed E-state index contributed by atoms with van der Waals surface area (Å²) in [6, 6.07) is 2.57. The average molecular weight is 343 g/mol. The highest BCUT2D eigenvalue weighted by Gasteiger charge is 2.37. The largest absolute Gasteiger partial charge is 0.434 e. The van der Waals surface area contributed by atoms with Gasteiger partial charge in [-0.15, -0.1) is 0 Å². The number of hydrogen-bond acceptors (Lipinski definition) is 3. The van der Waals surface area contributed by atoms with Crippen molar-refractivity contribution in [3.8, 4) is 11.1 Å². The highest BCUT2D eigenvalue weighted by Crippen LogP contribution is 2.41. The Kier molecular flexibility index (Phi) is 4.00. The fourth-order valence-electron chi connectivity index (χ4n) is 1.56. The summed E-state index contributed by atoms with van der Waals surface area (Å²) in [6.45, 7) is 0. The fraction of sp³-hybridized carbons (Fsp3) is 0.0909. The summed E-state index contributed by atoms with van der Waals surface area (Å²) in [6.07, 6.45) is -3.79. The number of anilines is 1. The van der Waals surface area contributed by atoms with Gasteiger partial charge in [-0.2, -0.15) is 13.2 Å². The Morgan fingerprint density at radius 2 is 1.70 bits per heavy atom. The zero-order valence-electron chi connectivity index (χ0n) is 9.47. The quantitative estimate of drug-likeness (QED) is 0.764. The van der Waals surface area contributed by atoms with Crippen LogP contribution in [0.4, 0.5) is 19.1 Å². The van der Waals surface area contributed by atoms with E-state index in [2.05, 4.69) is 9.97 Å². The first kappa shape index (κ1) is 15.2. The molecule has 0 spiro atoms. The number of halogens is 6. The van der Waals surface area contributed by atoms with Gasteiger partial charge in [0.1, 0.15) is 0 Å². The van der Waals surface area contributed by atoms with E-state index in [9.17, 15) is 13.2 Å². The van der Waals surface area contributed by atoms with Crippen LogP contribution in [0.5, 0.6) is 0 Å². The molecule has 1 aromatic heterocycles. The molecule has 0 aliphatic heterocycles. The van der Waals surface area contributed by atoms with E-state index in [0.717, 1.165) is 6.20 Å². The second-order valence-electron chi connectivity index (χ2n) is 3.74. The molecule has 9 heteroatoms. The van der Waals surface area contributed by atoms with Crippen LogP contribution < -0.4 is 5.73 Å². The molecule has 0 fully saturated rings. The summed E-state index contributed by atoms with van der Waals surface area (Å²) < 4.78 is 39.0. The van der Waals surface area contributed by atoms with E-state index < -0.39 is 17.8 Å². The number of aromatic nitrogens is 2. The van der Waals surface area contributed by atoms with Crippen molar-refractivity contribution < 1.29 is 13.2 Å². The van der Waals surface area contributed by atoms with Crippen LogP contribution in [0.25, 0.3) is 11.1 Å². The molecule has 20 heavy (non-hydrogen) atoms. The molecule has 1 aromatic carbocycles. The van der Waals surface area contributed by atoms with Gasteiger partial charge in [0.2, 0.25) is 5.95 Å². The Morgan fingerprint density at radius 3 is 2.30 bits per heavy atom. The maximum atomic E-state index is 13.0. The van der Waals surface area contributed by atoms with Crippen molar-refractivity contribution >= 4 is 40.8 Å². The van der Waals surface area contributed by atoms with E-state index in [0.29, 0.717) is 0 Å². The van der Waals surface area contributed by atoms with E-state index in [-0.39, 0.29) is 26.2 Å². The SMILES string of the molecule is Nc1ncc(-c2cc(Cl)cc(Cl)c2Cl)c(C(F)(F)F)n1. The predicted octanol–water partition coefficient (Wildman–Crippen LogP) is 4.70. The number of hydrogen-bond donors (Lipinski definition) is 1.